The molecule has 3 heteroatoms. The molecule has 90 valence electrons. The van der Waals surface area contributed by atoms with Crippen LogP contribution in [0.1, 0.15) is 32.8 Å². The fourth-order valence-corrected chi connectivity index (χ4v) is 2.01. The zero-order chi connectivity index (χ0) is 12.2. The second-order valence-corrected chi connectivity index (χ2v) is 5.93. The van der Waals surface area contributed by atoms with Crippen molar-refractivity contribution in [2.75, 3.05) is 12.3 Å². The Morgan fingerprint density at radius 1 is 1.31 bits per heavy atom. The van der Waals surface area contributed by atoms with Crippen LogP contribution in [0.2, 0.25) is 0 Å². The largest absolute Gasteiger partial charge is 0.399 e. The molecule has 0 amide bonds. The number of hydrogen-bond acceptors (Lipinski definition) is 2. The molecule has 1 aromatic carbocycles. The van der Waals surface area contributed by atoms with Crippen LogP contribution in [-0.4, -0.2) is 6.54 Å². The van der Waals surface area contributed by atoms with E-state index in [9.17, 15) is 0 Å². The summed E-state index contributed by atoms with van der Waals surface area (Å²) in [6, 6.07) is 6.03. The molecule has 0 aliphatic carbocycles. The van der Waals surface area contributed by atoms with Crippen molar-refractivity contribution >= 4 is 21.6 Å². The van der Waals surface area contributed by atoms with Crippen LogP contribution < -0.4 is 11.1 Å². The van der Waals surface area contributed by atoms with Crippen LogP contribution in [0.3, 0.4) is 0 Å². The molecule has 0 saturated heterocycles. The Balaban J connectivity index is 2.49. The van der Waals surface area contributed by atoms with Gasteiger partial charge in [-0.3, -0.25) is 0 Å². The van der Waals surface area contributed by atoms with Crippen molar-refractivity contribution in [3.05, 3.63) is 28.2 Å². The average Bonchev–Trinajstić information content (AvgIpc) is 2.16. The number of nitrogens with two attached hydrogens (primary N) is 1. The van der Waals surface area contributed by atoms with Gasteiger partial charge in [-0.25, -0.2) is 0 Å². The predicted octanol–water partition coefficient (Wildman–Crippen LogP) is 3.56. The van der Waals surface area contributed by atoms with Crippen molar-refractivity contribution in [3.8, 4) is 0 Å². The minimum atomic E-state index is 0.359. The highest BCUT2D eigenvalue weighted by Gasteiger charge is 2.13. The third-order valence-electron chi connectivity index (χ3n) is 2.87. The van der Waals surface area contributed by atoms with E-state index in [1.165, 1.54) is 12.0 Å². The minimum absolute atomic E-state index is 0.359. The van der Waals surface area contributed by atoms with E-state index in [2.05, 4.69) is 48.1 Å². The van der Waals surface area contributed by atoms with E-state index < -0.39 is 0 Å². The van der Waals surface area contributed by atoms with Crippen molar-refractivity contribution in [1.29, 1.82) is 0 Å². The van der Waals surface area contributed by atoms with E-state index in [4.69, 9.17) is 5.73 Å². The Kier molecular flexibility index (Phi) is 4.81. The number of anilines is 1. The van der Waals surface area contributed by atoms with E-state index in [1.54, 1.807) is 0 Å². The lowest BCUT2D eigenvalue weighted by molar-refractivity contribution is 0.327. The van der Waals surface area contributed by atoms with Crippen molar-refractivity contribution in [3.63, 3.8) is 0 Å². The van der Waals surface area contributed by atoms with Crippen molar-refractivity contribution in [2.45, 2.75) is 33.7 Å². The normalized spacial score (nSPS) is 11.8. The van der Waals surface area contributed by atoms with E-state index in [0.29, 0.717) is 5.41 Å². The lowest BCUT2D eigenvalue weighted by atomic mass is 9.90. The topological polar surface area (TPSA) is 38.0 Å². The average molecular weight is 285 g/mol. The molecule has 0 saturated carbocycles. The van der Waals surface area contributed by atoms with Crippen LogP contribution in [0.4, 0.5) is 5.69 Å². The van der Waals surface area contributed by atoms with Crippen molar-refractivity contribution in [2.24, 2.45) is 5.41 Å². The maximum Gasteiger partial charge on any atom is 0.0328 e. The third-order valence-corrected chi connectivity index (χ3v) is 3.33. The Morgan fingerprint density at radius 3 is 2.56 bits per heavy atom. The molecule has 0 spiro atoms. The number of rotatable bonds is 5. The van der Waals surface area contributed by atoms with Gasteiger partial charge in [-0.2, -0.15) is 0 Å². The summed E-state index contributed by atoms with van der Waals surface area (Å²) in [5, 5.41) is 3.47. The van der Waals surface area contributed by atoms with Crippen LogP contribution in [-0.2, 0) is 6.54 Å². The second kappa shape index (κ2) is 5.69. The van der Waals surface area contributed by atoms with Crippen LogP contribution >= 0.6 is 15.9 Å². The van der Waals surface area contributed by atoms with Gasteiger partial charge in [0.25, 0.3) is 0 Å². The molecule has 0 bridgehead atoms. The molecule has 2 nitrogen and oxygen atoms in total. The van der Waals surface area contributed by atoms with Gasteiger partial charge in [0, 0.05) is 23.2 Å². The first-order chi connectivity index (χ1) is 7.43. The molecule has 0 aliphatic heterocycles. The summed E-state index contributed by atoms with van der Waals surface area (Å²) in [4.78, 5) is 0. The Morgan fingerprint density at radius 2 is 2.00 bits per heavy atom. The van der Waals surface area contributed by atoms with Crippen molar-refractivity contribution < 1.29 is 0 Å². The summed E-state index contributed by atoms with van der Waals surface area (Å²) in [5.41, 5.74) is 8.17. The first kappa shape index (κ1) is 13.5. The summed E-state index contributed by atoms with van der Waals surface area (Å²) >= 11 is 3.45. The highest BCUT2D eigenvalue weighted by atomic mass is 79.9. The van der Waals surface area contributed by atoms with Gasteiger partial charge >= 0.3 is 0 Å². The molecule has 0 unspecified atom stereocenters. The van der Waals surface area contributed by atoms with Crippen LogP contribution in [0.15, 0.2) is 22.7 Å². The van der Waals surface area contributed by atoms with E-state index in [0.717, 1.165) is 23.2 Å². The summed E-state index contributed by atoms with van der Waals surface area (Å²) < 4.78 is 1.04. The molecule has 0 atom stereocenters. The number of benzene rings is 1. The molecule has 0 aromatic heterocycles. The highest BCUT2D eigenvalue weighted by Crippen LogP contribution is 2.19. The number of halogens is 1. The summed E-state index contributed by atoms with van der Waals surface area (Å²) in [7, 11) is 0. The van der Waals surface area contributed by atoms with E-state index in [1.807, 2.05) is 12.1 Å². The summed E-state index contributed by atoms with van der Waals surface area (Å²) in [5.74, 6) is 0. The lowest BCUT2D eigenvalue weighted by Gasteiger charge is -2.23. The Bertz CT molecular complexity index is 328. The second-order valence-electron chi connectivity index (χ2n) is 5.01. The molecule has 16 heavy (non-hydrogen) atoms. The number of nitrogen functional groups attached to an aromatic ring is 1. The predicted molar refractivity (Wildman–Crippen MR) is 74.3 cm³/mol. The molecular weight excluding hydrogens is 264 g/mol. The van der Waals surface area contributed by atoms with Crippen molar-refractivity contribution in [1.82, 2.24) is 5.32 Å². The Hall–Kier alpha value is -0.540. The minimum Gasteiger partial charge on any atom is -0.399 e. The van der Waals surface area contributed by atoms with Gasteiger partial charge in [-0.1, -0.05) is 36.7 Å². The SMILES string of the molecule is CCC(C)(C)CNCc1cc(N)cc(Br)c1. The smallest absolute Gasteiger partial charge is 0.0328 e. The first-order valence-electron chi connectivity index (χ1n) is 5.68. The zero-order valence-corrected chi connectivity index (χ0v) is 11.9. The number of hydrogen-bond donors (Lipinski definition) is 2. The number of nitrogens with one attached hydrogen (secondary N) is 1. The lowest BCUT2D eigenvalue weighted by Crippen LogP contribution is -2.28. The third kappa shape index (κ3) is 4.54. The molecule has 0 radical (unpaired) electrons. The van der Waals surface area contributed by atoms with Crippen LogP contribution in [0, 0.1) is 5.41 Å². The van der Waals surface area contributed by atoms with E-state index >= 15 is 0 Å². The first-order valence-corrected chi connectivity index (χ1v) is 6.48. The maximum absolute atomic E-state index is 5.79. The Labute approximate surface area is 107 Å². The molecule has 3 N–H and O–H groups in total. The monoisotopic (exact) mass is 284 g/mol. The molecule has 1 rings (SSSR count). The van der Waals surface area contributed by atoms with Gasteiger partial charge in [-0.15, -0.1) is 0 Å². The highest BCUT2D eigenvalue weighted by molar-refractivity contribution is 9.10. The molecular formula is C13H21BrN2. The van der Waals surface area contributed by atoms with Gasteiger partial charge in [0.05, 0.1) is 0 Å². The quantitative estimate of drug-likeness (QED) is 0.812. The summed E-state index contributed by atoms with van der Waals surface area (Å²) in [6.45, 7) is 8.66. The van der Waals surface area contributed by atoms with Crippen LogP contribution in [0.25, 0.3) is 0 Å². The maximum atomic E-state index is 5.79. The molecule has 1 aromatic rings. The zero-order valence-electron chi connectivity index (χ0n) is 10.3. The van der Waals surface area contributed by atoms with Gasteiger partial charge in [0.2, 0.25) is 0 Å². The molecule has 0 aliphatic rings. The van der Waals surface area contributed by atoms with Crippen LogP contribution in [0.5, 0.6) is 0 Å². The fourth-order valence-electron chi connectivity index (χ4n) is 1.45. The van der Waals surface area contributed by atoms with Gasteiger partial charge in [-0.05, 0) is 35.6 Å². The molecule has 0 heterocycles. The van der Waals surface area contributed by atoms with Gasteiger partial charge < -0.3 is 11.1 Å². The van der Waals surface area contributed by atoms with E-state index in [-0.39, 0.29) is 0 Å². The molecule has 0 fully saturated rings. The summed E-state index contributed by atoms with van der Waals surface area (Å²) in [6.07, 6.45) is 1.18. The standard InChI is InChI=1S/C13H21BrN2/c1-4-13(2,3)9-16-8-10-5-11(14)7-12(15)6-10/h5-7,16H,4,8-9,15H2,1-3H3. The van der Waals surface area contributed by atoms with Gasteiger partial charge in [0.1, 0.15) is 0 Å². The fraction of sp³-hybridized carbons (Fsp3) is 0.538. The van der Waals surface area contributed by atoms with Gasteiger partial charge in [0.15, 0.2) is 0 Å².